The van der Waals surface area contributed by atoms with E-state index in [1.54, 1.807) is 0 Å². The number of hydrogen-bond acceptors (Lipinski definition) is 1. The average Bonchev–Trinajstić information content (AvgIpc) is 3.38. The van der Waals surface area contributed by atoms with E-state index in [4.69, 9.17) is 16.0 Å². The Labute approximate surface area is 196 Å². The van der Waals surface area contributed by atoms with Crippen molar-refractivity contribution in [1.29, 1.82) is 0 Å². The van der Waals surface area contributed by atoms with Crippen LogP contribution in [-0.2, 0) is 5.41 Å². The highest BCUT2D eigenvalue weighted by Crippen LogP contribution is 2.56. The summed E-state index contributed by atoms with van der Waals surface area (Å²) in [5, 5.41) is 2.85. The van der Waals surface area contributed by atoms with E-state index in [1.165, 1.54) is 33.4 Å². The molecule has 0 amide bonds. The third-order valence-electron chi connectivity index (χ3n) is 7.03. The van der Waals surface area contributed by atoms with Gasteiger partial charge in [0.2, 0.25) is 0 Å². The van der Waals surface area contributed by atoms with Gasteiger partial charge in [-0.05, 0) is 57.6 Å². The standard InChI is InChI=1S/C31H19ClO/c32-22-15-17-29-26(19-22)25-16-14-21(18-30(25)33-29)31(20-8-2-1-3-9-20)27-12-6-4-10-23(27)24-11-5-7-13-28(24)31/h1-19H. The summed E-state index contributed by atoms with van der Waals surface area (Å²) in [5.41, 5.74) is 8.94. The first-order chi connectivity index (χ1) is 16.3. The van der Waals surface area contributed by atoms with E-state index >= 15 is 0 Å². The molecule has 5 aromatic carbocycles. The fourth-order valence-corrected chi connectivity index (χ4v) is 5.87. The summed E-state index contributed by atoms with van der Waals surface area (Å²) < 4.78 is 6.31. The molecule has 0 saturated carbocycles. The lowest BCUT2D eigenvalue weighted by molar-refractivity contribution is 0.665. The van der Waals surface area contributed by atoms with Gasteiger partial charge >= 0.3 is 0 Å². The van der Waals surface area contributed by atoms with Gasteiger partial charge in [0.05, 0.1) is 5.41 Å². The SMILES string of the molecule is Clc1ccc2oc3cc(C4(c5ccccc5)c5ccccc5-c5ccccc54)ccc3c2c1. The summed E-state index contributed by atoms with van der Waals surface area (Å²) >= 11 is 6.28. The molecule has 0 N–H and O–H groups in total. The fraction of sp³-hybridized carbons (Fsp3) is 0.0323. The number of hydrogen-bond donors (Lipinski definition) is 0. The van der Waals surface area contributed by atoms with Crippen molar-refractivity contribution < 1.29 is 4.42 Å². The summed E-state index contributed by atoms with van der Waals surface area (Å²) in [6.07, 6.45) is 0. The molecule has 0 saturated heterocycles. The average molecular weight is 443 g/mol. The molecule has 1 nitrogen and oxygen atoms in total. The third-order valence-corrected chi connectivity index (χ3v) is 7.26. The van der Waals surface area contributed by atoms with Crippen LogP contribution in [0.1, 0.15) is 22.3 Å². The van der Waals surface area contributed by atoms with Gasteiger partial charge in [0.15, 0.2) is 0 Å². The maximum atomic E-state index is 6.31. The van der Waals surface area contributed by atoms with Crippen molar-refractivity contribution in [3.63, 3.8) is 0 Å². The van der Waals surface area contributed by atoms with Gasteiger partial charge in [0.1, 0.15) is 11.2 Å². The third kappa shape index (κ3) is 2.49. The van der Waals surface area contributed by atoms with Crippen LogP contribution in [0.5, 0.6) is 0 Å². The summed E-state index contributed by atoms with van der Waals surface area (Å²) in [4.78, 5) is 0. The summed E-state index contributed by atoms with van der Waals surface area (Å²) in [7, 11) is 0. The highest BCUT2D eigenvalue weighted by atomic mass is 35.5. The van der Waals surface area contributed by atoms with Crippen LogP contribution >= 0.6 is 11.6 Å². The van der Waals surface area contributed by atoms with E-state index in [-0.39, 0.29) is 0 Å². The summed E-state index contributed by atoms with van der Waals surface area (Å²) in [6, 6.07) is 40.8. The lowest BCUT2D eigenvalue weighted by Crippen LogP contribution is -2.28. The van der Waals surface area contributed by atoms with Crippen molar-refractivity contribution in [2.45, 2.75) is 5.41 Å². The normalized spacial score (nSPS) is 13.8. The molecule has 0 bridgehead atoms. The topological polar surface area (TPSA) is 13.1 Å². The number of halogens is 1. The predicted octanol–water partition coefficient (Wildman–Crippen LogP) is 8.60. The largest absolute Gasteiger partial charge is 0.456 e. The van der Waals surface area contributed by atoms with Crippen LogP contribution in [-0.4, -0.2) is 0 Å². The maximum absolute atomic E-state index is 6.31. The van der Waals surface area contributed by atoms with Crippen molar-refractivity contribution in [2.24, 2.45) is 0 Å². The van der Waals surface area contributed by atoms with E-state index in [1.807, 2.05) is 18.2 Å². The number of benzene rings is 5. The van der Waals surface area contributed by atoms with Gasteiger partial charge in [-0.15, -0.1) is 0 Å². The van der Waals surface area contributed by atoms with E-state index < -0.39 is 5.41 Å². The van der Waals surface area contributed by atoms with Crippen LogP contribution in [0.15, 0.2) is 120 Å². The molecule has 156 valence electrons. The first kappa shape index (κ1) is 18.7. The molecule has 2 heteroatoms. The van der Waals surface area contributed by atoms with Crippen molar-refractivity contribution in [3.05, 3.63) is 143 Å². The molecule has 1 aromatic heterocycles. The molecule has 0 radical (unpaired) electrons. The van der Waals surface area contributed by atoms with Crippen LogP contribution in [0.4, 0.5) is 0 Å². The first-order valence-corrected chi connectivity index (χ1v) is 11.5. The van der Waals surface area contributed by atoms with Gasteiger partial charge in [-0.25, -0.2) is 0 Å². The van der Waals surface area contributed by atoms with Gasteiger partial charge in [-0.1, -0.05) is 103 Å². The van der Waals surface area contributed by atoms with Crippen molar-refractivity contribution in [1.82, 2.24) is 0 Å². The van der Waals surface area contributed by atoms with E-state index in [2.05, 4.69) is 97.1 Å². The second-order valence-electron chi connectivity index (χ2n) is 8.66. The van der Waals surface area contributed by atoms with Gasteiger partial charge < -0.3 is 4.42 Å². The second kappa shape index (κ2) is 6.84. The molecule has 0 aliphatic heterocycles. The van der Waals surface area contributed by atoms with Crippen molar-refractivity contribution >= 4 is 33.5 Å². The molecule has 7 rings (SSSR count). The highest BCUT2D eigenvalue weighted by molar-refractivity contribution is 6.31. The number of rotatable bonds is 2. The molecule has 6 aromatic rings. The Morgan fingerprint density at radius 1 is 0.515 bits per heavy atom. The monoisotopic (exact) mass is 442 g/mol. The fourth-order valence-electron chi connectivity index (χ4n) is 5.69. The van der Waals surface area contributed by atoms with Crippen LogP contribution < -0.4 is 0 Å². The molecule has 0 fully saturated rings. The lowest BCUT2D eigenvalue weighted by Gasteiger charge is -2.33. The molecule has 0 unspecified atom stereocenters. The van der Waals surface area contributed by atoms with E-state index in [9.17, 15) is 0 Å². The maximum Gasteiger partial charge on any atom is 0.135 e. The Kier molecular flexibility index (Phi) is 3.88. The molecule has 1 heterocycles. The Morgan fingerprint density at radius 3 is 1.91 bits per heavy atom. The summed E-state index contributed by atoms with van der Waals surface area (Å²) in [6.45, 7) is 0. The van der Waals surface area contributed by atoms with Gasteiger partial charge in [-0.3, -0.25) is 0 Å². The van der Waals surface area contributed by atoms with E-state index in [0.717, 1.165) is 21.9 Å². The van der Waals surface area contributed by atoms with Crippen LogP contribution in [0, 0.1) is 0 Å². The molecular formula is C31H19ClO. The molecule has 0 atom stereocenters. The predicted molar refractivity (Wildman–Crippen MR) is 136 cm³/mol. The van der Waals surface area contributed by atoms with Crippen LogP contribution in [0.25, 0.3) is 33.1 Å². The molecular weight excluding hydrogens is 424 g/mol. The van der Waals surface area contributed by atoms with Crippen LogP contribution in [0.3, 0.4) is 0 Å². The summed E-state index contributed by atoms with van der Waals surface area (Å²) in [5.74, 6) is 0. The smallest absolute Gasteiger partial charge is 0.135 e. The zero-order chi connectivity index (χ0) is 22.0. The zero-order valence-electron chi connectivity index (χ0n) is 17.8. The Hall–Kier alpha value is -3.81. The first-order valence-electron chi connectivity index (χ1n) is 11.1. The van der Waals surface area contributed by atoms with Crippen LogP contribution in [0.2, 0.25) is 5.02 Å². The minimum Gasteiger partial charge on any atom is -0.456 e. The van der Waals surface area contributed by atoms with Gasteiger partial charge in [0, 0.05) is 15.8 Å². The number of furan rings is 1. The second-order valence-corrected chi connectivity index (χ2v) is 9.10. The van der Waals surface area contributed by atoms with Crippen molar-refractivity contribution in [3.8, 4) is 11.1 Å². The minimum absolute atomic E-state index is 0.417. The molecule has 33 heavy (non-hydrogen) atoms. The van der Waals surface area contributed by atoms with Gasteiger partial charge in [0.25, 0.3) is 0 Å². The zero-order valence-corrected chi connectivity index (χ0v) is 18.5. The molecule has 0 spiro atoms. The molecule has 1 aliphatic rings. The lowest BCUT2D eigenvalue weighted by atomic mass is 9.67. The minimum atomic E-state index is -0.417. The molecule has 1 aliphatic carbocycles. The quantitative estimate of drug-likeness (QED) is 0.261. The number of fused-ring (bicyclic) bond motifs is 6. The van der Waals surface area contributed by atoms with Gasteiger partial charge in [-0.2, -0.15) is 0 Å². The van der Waals surface area contributed by atoms with E-state index in [0.29, 0.717) is 5.02 Å². The Bertz CT molecular complexity index is 1630. The Morgan fingerprint density at radius 2 is 1.18 bits per heavy atom. The van der Waals surface area contributed by atoms with Crippen molar-refractivity contribution in [2.75, 3.05) is 0 Å². The Balaban J connectivity index is 1.61. The highest BCUT2D eigenvalue weighted by Gasteiger charge is 2.45.